The van der Waals surface area contributed by atoms with E-state index in [-0.39, 0.29) is 23.5 Å². The molecule has 0 aliphatic rings. The van der Waals surface area contributed by atoms with Crippen molar-refractivity contribution >= 4 is 51.4 Å². The van der Waals surface area contributed by atoms with Crippen LogP contribution >= 0.6 is 0 Å². The summed E-state index contributed by atoms with van der Waals surface area (Å²) in [5.74, 6) is 2.92. The van der Waals surface area contributed by atoms with Crippen LogP contribution in [0.2, 0.25) is 0 Å². The average Bonchev–Trinajstić information content (AvgIpc) is 3.82. The van der Waals surface area contributed by atoms with Crippen LogP contribution in [0.15, 0.2) is 53.2 Å². The van der Waals surface area contributed by atoms with Gasteiger partial charge in [-0.3, -0.25) is 14.4 Å². The van der Waals surface area contributed by atoms with Gasteiger partial charge in [0.2, 0.25) is 0 Å². The molecule has 0 spiro atoms. The van der Waals surface area contributed by atoms with Crippen LogP contribution in [-0.2, 0) is 39.8 Å². The Kier molecular flexibility index (Phi) is 18.9. The number of nitrogens with one attached hydrogen (secondary N) is 1. The van der Waals surface area contributed by atoms with Gasteiger partial charge in [-0.25, -0.2) is 14.6 Å². The van der Waals surface area contributed by atoms with E-state index in [1.54, 1.807) is 30.3 Å². The molecule has 0 saturated heterocycles. The number of carbonyl (C=O) groups is 3. The number of nitrogens with zero attached hydrogens (tertiary/aromatic N) is 5. The monoisotopic (exact) mass is 826 g/mol. The van der Waals surface area contributed by atoms with Gasteiger partial charge in [-0.15, -0.1) is 6.42 Å². The fourth-order valence-corrected chi connectivity index (χ4v) is 6.19. The maximum atomic E-state index is 12.4. The number of fused-ring (bicyclic) bond motifs is 2. The summed E-state index contributed by atoms with van der Waals surface area (Å²) in [5, 5.41) is 8.27. The minimum Gasteiger partial charge on any atom is -0.424 e. The van der Waals surface area contributed by atoms with Crippen molar-refractivity contribution in [2.24, 2.45) is 0 Å². The Labute approximate surface area is 348 Å². The summed E-state index contributed by atoms with van der Waals surface area (Å²) in [4.78, 5) is 49.5. The predicted octanol–water partition coefficient (Wildman–Crippen LogP) is 4.55. The summed E-state index contributed by atoms with van der Waals surface area (Å²) >= 11 is 0. The van der Waals surface area contributed by atoms with Crippen LogP contribution in [0, 0.1) is 12.3 Å². The molecule has 0 atom stereocenters. The molecule has 0 aliphatic carbocycles. The summed E-state index contributed by atoms with van der Waals surface area (Å²) in [7, 11) is 0. The number of anilines is 2. The van der Waals surface area contributed by atoms with Crippen LogP contribution < -0.4 is 16.8 Å². The van der Waals surface area contributed by atoms with E-state index < -0.39 is 0 Å². The largest absolute Gasteiger partial charge is 0.424 e. The van der Waals surface area contributed by atoms with Crippen molar-refractivity contribution in [3.8, 4) is 23.6 Å². The van der Waals surface area contributed by atoms with Gasteiger partial charge in [-0.05, 0) is 55.7 Å². The van der Waals surface area contributed by atoms with Crippen molar-refractivity contribution in [3.05, 3.63) is 59.9 Å². The van der Waals surface area contributed by atoms with Crippen molar-refractivity contribution in [1.82, 2.24) is 30.0 Å². The molecule has 1 amide bonds. The Morgan fingerprint density at radius 3 is 2.17 bits per heavy atom. The fourth-order valence-electron chi connectivity index (χ4n) is 6.19. The first-order chi connectivity index (χ1) is 29.3. The molecule has 0 radical (unpaired) electrons. The Morgan fingerprint density at radius 2 is 1.43 bits per heavy atom. The second kappa shape index (κ2) is 25.0. The zero-order valence-corrected chi connectivity index (χ0v) is 33.9. The number of hydrogen-bond donors (Lipinski definition) is 3. The third kappa shape index (κ3) is 14.8. The molecule has 0 fully saturated rings. The lowest BCUT2D eigenvalue weighted by Crippen LogP contribution is -2.27. The number of carbonyl (C=O) groups excluding carboxylic acids is 3. The first-order valence-corrected chi connectivity index (χ1v) is 20.2. The van der Waals surface area contributed by atoms with Gasteiger partial charge in [-0.1, -0.05) is 18.4 Å². The number of hydrogen-bond acceptors (Lipinski definition) is 15. The number of aryl methyl sites for hydroxylation is 1. The number of ketones is 2. The van der Waals surface area contributed by atoms with Gasteiger partial charge in [0.1, 0.15) is 34.9 Å². The van der Waals surface area contributed by atoms with E-state index in [0.29, 0.717) is 156 Å². The van der Waals surface area contributed by atoms with Crippen molar-refractivity contribution in [1.29, 1.82) is 0 Å². The molecule has 60 heavy (non-hydrogen) atoms. The number of terminal acetylenes is 1. The molecule has 2 aromatic carbocycles. The minimum atomic E-state index is -0.204. The van der Waals surface area contributed by atoms with Gasteiger partial charge >= 0.3 is 0 Å². The number of rotatable bonds is 30. The highest BCUT2D eigenvalue weighted by atomic mass is 16.5. The summed E-state index contributed by atoms with van der Waals surface area (Å²) in [5.41, 5.74) is 16.4. The molecule has 0 bridgehead atoms. The normalized spacial score (nSPS) is 11.3. The molecule has 17 heteroatoms. The molecule has 5 rings (SSSR count). The molecule has 17 nitrogen and oxygen atoms in total. The smallest absolute Gasteiger partial charge is 0.292 e. The number of benzene rings is 2. The van der Waals surface area contributed by atoms with Gasteiger partial charge in [0.15, 0.2) is 11.2 Å². The van der Waals surface area contributed by atoms with E-state index in [9.17, 15) is 14.4 Å². The molecule has 5 N–H and O–H groups in total. The summed E-state index contributed by atoms with van der Waals surface area (Å²) in [6, 6.07) is 12.5. The maximum absolute atomic E-state index is 12.4. The minimum absolute atomic E-state index is 0.0950. The molecule has 320 valence electrons. The molecule has 3 heterocycles. The molecule has 3 aromatic heterocycles. The van der Waals surface area contributed by atoms with Crippen molar-refractivity contribution in [2.45, 2.75) is 57.9 Å². The van der Waals surface area contributed by atoms with Crippen LogP contribution in [0.25, 0.3) is 33.4 Å². The van der Waals surface area contributed by atoms with Gasteiger partial charge in [0.25, 0.3) is 11.9 Å². The number of unbranched alkanes of at least 4 members (excludes halogenated alkanes) is 2. The van der Waals surface area contributed by atoms with Gasteiger partial charge < -0.3 is 44.9 Å². The van der Waals surface area contributed by atoms with E-state index in [2.05, 4.69) is 26.2 Å². The lowest BCUT2D eigenvalue weighted by atomic mass is 10.1. The van der Waals surface area contributed by atoms with E-state index in [0.717, 1.165) is 24.8 Å². The SMILES string of the molecule is C#Cc1cccc(C(=O)NCCOCCOCCOCCC(=O)CCCOCCOCCC(=O)CCCCCn2nc(-c3ccc4oc(N)nc4c3)c3c(N)ncnc32)c1. The van der Waals surface area contributed by atoms with Crippen LogP contribution in [0.1, 0.15) is 67.3 Å². The molecule has 0 unspecified atom stereocenters. The van der Waals surface area contributed by atoms with E-state index in [1.165, 1.54) is 6.33 Å². The molecule has 5 aromatic rings. The second-order valence-electron chi connectivity index (χ2n) is 13.8. The van der Waals surface area contributed by atoms with Gasteiger partial charge in [0.05, 0.1) is 64.8 Å². The highest BCUT2D eigenvalue weighted by Gasteiger charge is 2.18. The number of nitrogen functional groups attached to an aromatic ring is 2. The molecule has 0 aliphatic heterocycles. The van der Waals surface area contributed by atoms with Crippen LogP contribution in [0.5, 0.6) is 0 Å². The molecular formula is C43H54N8O9. The van der Waals surface area contributed by atoms with Crippen LogP contribution in [-0.4, -0.2) is 115 Å². The number of Topliss-reactive ketones (excluding diaryl/α,β-unsaturated/α-hetero) is 2. The van der Waals surface area contributed by atoms with Gasteiger partial charge in [0, 0.05) is 62.1 Å². The number of oxazole rings is 1. The third-order valence-electron chi connectivity index (χ3n) is 9.30. The Hall–Kier alpha value is -5.77. The third-order valence-corrected chi connectivity index (χ3v) is 9.30. The lowest BCUT2D eigenvalue weighted by molar-refractivity contribution is -0.121. The van der Waals surface area contributed by atoms with Crippen LogP contribution in [0.3, 0.4) is 0 Å². The highest BCUT2D eigenvalue weighted by molar-refractivity contribution is 5.99. The standard InChI is InChI=1S/C43H54N8O9/c1-2-31-8-6-9-33(28-31)42(54)46-16-21-58-25-27-59-26-24-57-20-15-35(53)11-7-18-55-22-23-56-19-14-34(52)10-4-3-5-17-51-41-38(40(44)47-30-48-41)39(50-51)32-12-13-37-36(29-32)49-43(45)60-37/h1,6,8-9,12-13,28-30H,3-5,7,10-11,14-27H2,(H2,45,49)(H,46,54)(H2,44,47,48). The van der Waals surface area contributed by atoms with Crippen LogP contribution in [0.4, 0.5) is 11.8 Å². The topological polar surface area (TPSA) is 231 Å². The van der Waals surface area contributed by atoms with Crippen molar-refractivity contribution in [2.75, 3.05) is 84.1 Å². The summed E-state index contributed by atoms with van der Waals surface area (Å²) < 4.78 is 34.8. The van der Waals surface area contributed by atoms with E-state index in [1.807, 2.05) is 16.8 Å². The first-order valence-electron chi connectivity index (χ1n) is 20.2. The Balaban J connectivity index is 0.790. The molecule has 0 saturated carbocycles. The highest BCUT2D eigenvalue weighted by Crippen LogP contribution is 2.32. The predicted molar refractivity (Wildman–Crippen MR) is 225 cm³/mol. The summed E-state index contributed by atoms with van der Waals surface area (Å²) in [6.07, 6.45) is 11.5. The summed E-state index contributed by atoms with van der Waals surface area (Å²) in [6.45, 7) is 4.86. The zero-order chi connectivity index (χ0) is 42.4. The van der Waals surface area contributed by atoms with E-state index >= 15 is 0 Å². The number of ether oxygens (including phenoxy) is 5. The Bertz CT molecular complexity index is 2180. The zero-order valence-electron chi connectivity index (χ0n) is 33.9. The fraction of sp³-hybridized carbons (Fsp3) is 0.465. The second-order valence-corrected chi connectivity index (χ2v) is 13.8. The van der Waals surface area contributed by atoms with Gasteiger partial charge in [-0.2, -0.15) is 10.1 Å². The molecular weight excluding hydrogens is 773 g/mol. The number of amides is 1. The van der Waals surface area contributed by atoms with Crippen molar-refractivity contribution in [3.63, 3.8) is 0 Å². The number of nitrogens with two attached hydrogens (primary N) is 2. The average molecular weight is 827 g/mol. The lowest BCUT2D eigenvalue weighted by Gasteiger charge is -2.08. The Morgan fingerprint density at radius 1 is 0.750 bits per heavy atom. The van der Waals surface area contributed by atoms with E-state index in [4.69, 9.17) is 51.1 Å². The maximum Gasteiger partial charge on any atom is 0.292 e. The van der Waals surface area contributed by atoms with Crippen molar-refractivity contribution < 1.29 is 42.5 Å². The number of aromatic nitrogens is 5. The first kappa shape index (κ1) is 45.3. The quantitative estimate of drug-likeness (QED) is 0.0426.